The highest BCUT2D eigenvalue weighted by Gasteiger charge is 2.29. The van der Waals surface area contributed by atoms with Crippen molar-refractivity contribution in [2.75, 3.05) is 24.3 Å². The van der Waals surface area contributed by atoms with Gasteiger partial charge in [0.05, 0.1) is 24.5 Å². The second kappa shape index (κ2) is 13.7. The third-order valence-corrected chi connectivity index (χ3v) is 9.00. The number of anilines is 1. The minimum Gasteiger partial charge on any atom is -0.493 e. The normalized spacial score (nSPS) is 14.6. The summed E-state index contributed by atoms with van der Waals surface area (Å²) in [6, 6.07) is 5.59. The molecule has 1 aliphatic rings. The smallest absolute Gasteiger partial charge is 0.341 e. The molecule has 210 valence electrons. The van der Waals surface area contributed by atoms with E-state index in [0.29, 0.717) is 52.8 Å². The number of nitrogens with zero attached hydrogens (tertiary/aromatic N) is 3. The highest BCUT2D eigenvalue weighted by molar-refractivity contribution is 7.99. The van der Waals surface area contributed by atoms with Crippen LogP contribution in [0.15, 0.2) is 23.4 Å². The van der Waals surface area contributed by atoms with Gasteiger partial charge in [0.25, 0.3) is 0 Å². The maximum Gasteiger partial charge on any atom is 0.341 e. The number of ether oxygens (including phenoxy) is 2. The molecule has 0 fully saturated rings. The van der Waals surface area contributed by atoms with Crippen LogP contribution in [-0.4, -0.2) is 45.6 Å². The largest absolute Gasteiger partial charge is 0.493 e. The number of hydrogen-bond donors (Lipinski definition) is 1. The number of thioether (sulfide) groups is 1. The average Bonchev–Trinajstić information content (AvgIpc) is 3.46. The molecule has 3 aromatic rings. The van der Waals surface area contributed by atoms with Gasteiger partial charge in [-0.1, -0.05) is 30.3 Å². The lowest BCUT2D eigenvalue weighted by Gasteiger charge is -2.18. The van der Waals surface area contributed by atoms with Gasteiger partial charge in [0.2, 0.25) is 5.91 Å². The van der Waals surface area contributed by atoms with Gasteiger partial charge in [-0.15, -0.1) is 21.5 Å². The number of rotatable bonds is 12. The van der Waals surface area contributed by atoms with E-state index in [4.69, 9.17) is 21.1 Å². The standard InChI is InChI=1S/C28H35ClN4O4S2/c1-5-33-23(8-7-13-37-21-12-10-19(29)15-18(21)4)31-32-28(33)38-16-24(34)30-26-25(27(35)36-6-2)20-11-9-17(3)14-22(20)39-26/h10,12,15,17H,5-9,11,13-14,16H2,1-4H3,(H,30,34). The zero-order valence-corrected chi connectivity index (χ0v) is 25.2. The Morgan fingerprint density at radius 3 is 2.85 bits per heavy atom. The summed E-state index contributed by atoms with van der Waals surface area (Å²) in [6.45, 7) is 9.56. The van der Waals surface area contributed by atoms with Gasteiger partial charge in [0.15, 0.2) is 5.16 Å². The molecular weight excluding hydrogens is 556 g/mol. The Hall–Kier alpha value is -2.56. The Morgan fingerprint density at radius 1 is 1.28 bits per heavy atom. The maximum absolute atomic E-state index is 12.9. The molecule has 4 rings (SSSR count). The molecule has 2 heterocycles. The van der Waals surface area contributed by atoms with Crippen molar-refractivity contribution in [2.24, 2.45) is 5.92 Å². The molecular formula is C28H35ClN4O4S2. The molecule has 1 amide bonds. The fraction of sp³-hybridized carbons (Fsp3) is 0.500. The van der Waals surface area contributed by atoms with Gasteiger partial charge in [-0.2, -0.15) is 0 Å². The second-order valence-corrected chi connectivity index (χ2v) is 12.1. The number of aromatic nitrogens is 3. The van der Waals surface area contributed by atoms with E-state index in [0.717, 1.165) is 48.4 Å². The van der Waals surface area contributed by atoms with Crippen molar-refractivity contribution in [3.63, 3.8) is 0 Å². The number of benzene rings is 1. The molecule has 2 aromatic heterocycles. The van der Waals surface area contributed by atoms with Crippen LogP contribution >= 0.6 is 34.7 Å². The van der Waals surface area contributed by atoms with E-state index in [-0.39, 0.29) is 17.6 Å². The second-order valence-electron chi connectivity index (χ2n) is 9.62. The number of thiophene rings is 1. The molecule has 0 bridgehead atoms. The lowest BCUT2D eigenvalue weighted by molar-refractivity contribution is -0.113. The molecule has 0 saturated carbocycles. The Balaban J connectivity index is 1.34. The van der Waals surface area contributed by atoms with Crippen LogP contribution in [0.3, 0.4) is 0 Å². The average molecular weight is 591 g/mol. The van der Waals surface area contributed by atoms with Crippen molar-refractivity contribution >= 4 is 51.6 Å². The Bertz CT molecular complexity index is 1320. The Labute approximate surface area is 242 Å². The summed E-state index contributed by atoms with van der Waals surface area (Å²) >= 11 is 8.86. The molecule has 1 unspecified atom stereocenters. The zero-order valence-electron chi connectivity index (χ0n) is 22.8. The first kappa shape index (κ1) is 29.4. The highest BCUT2D eigenvalue weighted by atomic mass is 35.5. The van der Waals surface area contributed by atoms with Gasteiger partial charge in [-0.25, -0.2) is 4.79 Å². The molecule has 0 aliphatic heterocycles. The SMILES string of the molecule is CCOC(=O)c1c(NC(=O)CSc2nnc(CCCOc3ccc(Cl)cc3C)n2CC)sc2c1CCC(C)C2. The van der Waals surface area contributed by atoms with Gasteiger partial charge < -0.3 is 19.4 Å². The number of amides is 1. The molecule has 0 spiro atoms. The van der Waals surface area contributed by atoms with Crippen LogP contribution in [0.2, 0.25) is 5.02 Å². The third-order valence-electron chi connectivity index (χ3n) is 6.63. The first-order valence-electron chi connectivity index (χ1n) is 13.4. The van der Waals surface area contributed by atoms with Crippen molar-refractivity contribution in [1.82, 2.24) is 14.8 Å². The molecule has 8 nitrogen and oxygen atoms in total. The third kappa shape index (κ3) is 7.35. The van der Waals surface area contributed by atoms with E-state index in [1.165, 1.54) is 28.0 Å². The Kier molecular flexibility index (Phi) is 10.3. The molecule has 1 atom stereocenters. The summed E-state index contributed by atoms with van der Waals surface area (Å²) in [7, 11) is 0. The quantitative estimate of drug-likeness (QED) is 0.149. The molecule has 1 aromatic carbocycles. The summed E-state index contributed by atoms with van der Waals surface area (Å²) in [5, 5.41) is 13.6. The molecule has 1 aliphatic carbocycles. The topological polar surface area (TPSA) is 95.3 Å². The van der Waals surface area contributed by atoms with Gasteiger partial charge in [0, 0.05) is 22.9 Å². The van der Waals surface area contributed by atoms with Crippen molar-refractivity contribution in [3.8, 4) is 5.75 Å². The fourth-order valence-electron chi connectivity index (χ4n) is 4.67. The molecule has 39 heavy (non-hydrogen) atoms. The van der Waals surface area contributed by atoms with Gasteiger partial charge in [-0.05, 0) is 81.7 Å². The van der Waals surface area contributed by atoms with E-state index in [9.17, 15) is 9.59 Å². The van der Waals surface area contributed by atoms with Crippen LogP contribution in [0, 0.1) is 12.8 Å². The lowest BCUT2D eigenvalue weighted by Crippen LogP contribution is -2.18. The number of fused-ring (bicyclic) bond motifs is 1. The van der Waals surface area contributed by atoms with Crippen LogP contribution in [0.5, 0.6) is 5.75 Å². The monoisotopic (exact) mass is 590 g/mol. The van der Waals surface area contributed by atoms with Crippen molar-refractivity contribution in [2.45, 2.75) is 71.5 Å². The number of halogens is 1. The van der Waals surface area contributed by atoms with E-state index < -0.39 is 0 Å². The minimum absolute atomic E-state index is 0.165. The molecule has 0 saturated heterocycles. The minimum atomic E-state index is -0.363. The van der Waals surface area contributed by atoms with Crippen LogP contribution < -0.4 is 10.1 Å². The maximum atomic E-state index is 12.9. The van der Waals surface area contributed by atoms with Crippen LogP contribution in [0.1, 0.15) is 65.8 Å². The molecule has 0 radical (unpaired) electrons. The predicted octanol–water partition coefficient (Wildman–Crippen LogP) is 6.37. The van der Waals surface area contributed by atoms with Crippen molar-refractivity contribution in [3.05, 3.63) is 50.6 Å². The highest BCUT2D eigenvalue weighted by Crippen LogP contribution is 2.40. The fourth-order valence-corrected chi connectivity index (χ4v) is 7.13. The summed E-state index contributed by atoms with van der Waals surface area (Å²) in [4.78, 5) is 26.8. The number of nitrogens with one attached hydrogen (secondary N) is 1. The summed E-state index contributed by atoms with van der Waals surface area (Å²) < 4.78 is 13.2. The van der Waals surface area contributed by atoms with Gasteiger partial charge in [-0.3, -0.25) is 4.79 Å². The number of hydrogen-bond acceptors (Lipinski definition) is 8. The molecule has 11 heteroatoms. The number of esters is 1. The van der Waals surface area contributed by atoms with Crippen LogP contribution in [-0.2, 0) is 35.3 Å². The van der Waals surface area contributed by atoms with Crippen molar-refractivity contribution < 1.29 is 19.1 Å². The number of carbonyl (C=O) groups excluding carboxylic acids is 2. The first-order valence-corrected chi connectivity index (χ1v) is 15.5. The number of aryl methyl sites for hydroxylation is 2. The van der Waals surface area contributed by atoms with E-state index in [1.807, 2.05) is 36.6 Å². The van der Waals surface area contributed by atoms with Gasteiger partial charge in [0.1, 0.15) is 16.6 Å². The summed E-state index contributed by atoms with van der Waals surface area (Å²) in [6.07, 6.45) is 4.27. The van der Waals surface area contributed by atoms with Crippen molar-refractivity contribution in [1.29, 1.82) is 0 Å². The van der Waals surface area contributed by atoms with E-state index in [1.54, 1.807) is 6.92 Å². The van der Waals surface area contributed by atoms with E-state index >= 15 is 0 Å². The zero-order chi connectivity index (χ0) is 27.9. The van der Waals surface area contributed by atoms with Crippen LogP contribution in [0.4, 0.5) is 5.00 Å². The van der Waals surface area contributed by atoms with E-state index in [2.05, 4.69) is 22.4 Å². The lowest BCUT2D eigenvalue weighted by atomic mass is 9.88. The van der Waals surface area contributed by atoms with Gasteiger partial charge >= 0.3 is 5.97 Å². The number of carbonyl (C=O) groups is 2. The first-order chi connectivity index (χ1) is 18.8. The van der Waals surface area contributed by atoms with Crippen LogP contribution in [0.25, 0.3) is 0 Å². The molecule has 1 N–H and O–H groups in total. The predicted molar refractivity (Wildman–Crippen MR) is 157 cm³/mol. The summed E-state index contributed by atoms with van der Waals surface area (Å²) in [5.41, 5.74) is 2.56. The summed E-state index contributed by atoms with van der Waals surface area (Å²) in [5.74, 6) is 1.87. The Morgan fingerprint density at radius 2 is 2.10 bits per heavy atom.